The molecule has 0 radical (unpaired) electrons. The second-order valence-electron chi connectivity index (χ2n) is 4.90. The van der Waals surface area contributed by atoms with E-state index >= 15 is 0 Å². The fraction of sp³-hybridized carbons (Fsp3) is 0.188. The molecule has 0 aliphatic rings. The summed E-state index contributed by atoms with van der Waals surface area (Å²) in [4.78, 5) is 12.1. The number of carbonyl (C=O) groups is 1. The molecule has 21 heavy (non-hydrogen) atoms. The summed E-state index contributed by atoms with van der Waals surface area (Å²) >= 11 is 5.92. The van der Waals surface area contributed by atoms with Crippen LogP contribution in [-0.4, -0.2) is 5.91 Å². The van der Waals surface area contributed by atoms with E-state index < -0.39 is 5.82 Å². The van der Waals surface area contributed by atoms with Crippen LogP contribution in [0.15, 0.2) is 30.3 Å². The number of aryl methyl sites for hydroxylation is 1. The third kappa shape index (κ3) is 3.34. The quantitative estimate of drug-likeness (QED) is 0.846. The Morgan fingerprint density at radius 1 is 1.29 bits per heavy atom. The van der Waals surface area contributed by atoms with Gasteiger partial charge in [0.2, 0.25) is 5.91 Å². The van der Waals surface area contributed by atoms with Crippen molar-refractivity contribution in [2.45, 2.75) is 20.3 Å². The summed E-state index contributed by atoms with van der Waals surface area (Å²) in [6.07, 6.45) is -0.141. The minimum Gasteiger partial charge on any atom is -0.397 e. The number of amides is 1. The normalized spacial score (nSPS) is 10.5. The van der Waals surface area contributed by atoms with Gasteiger partial charge in [-0.3, -0.25) is 4.79 Å². The van der Waals surface area contributed by atoms with Gasteiger partial charge in [-0.25, -0.2) is 4.39 Å². The lowest BCUT2D eigenvalue weighted by atomic mass is 10.1. The molecule has 2 rings (SSSR count). The molecule has 0 aliphatic heterocycles. The summed E-state index contributed by atoms with van der Waals surface area (Å²) in [6.45, 7) is 3.80. The molecule has 0 saturated carbocycles. The zero-order chi connectivity index (χ0) is 15.6. The van der Waals surface area contributed by atoms with Crippen molar-refractivity contribution in [3.05, 3.63) is 57.9 Å². The van der Waals surface area contributed by atoms with Crippen LogP contribution in [0.2, 0.25) is 5.02 Å². The van der Waals surface area contributed by atoms with Crippen LogP contribution in [0.4, 0.5) is 15.8 Å². The predicted molar refractivity (Wildman–Crippen MR) is 84.1 cm³/mol. The molecular weight excluding hydrogens is 291 g/mol. The van der Waals surface area contributed by atoms with E-state index in [2.05, 4.69) is 5.32 Å². The Bertz CT molecular complexity index is 681. The Hall–Kier alpha value is -2.07. The van der Waals surface area contributed by atoms with Gasteiger partial charge in [0, 0.05) is 10.6 Å². The molecule has 0 fully saturated rings. The molecule has 2 aromatic rings. The lowest BCUT2D eigenvalue weighted by molar-refractivity contribution is -0.115. The topological polar surface area (TPSA) is 55.1 Å². The van der Waals surface area contributed by atoms with E-state index in [1.165, 1.54) is 12.1 Å². The van der Waals surface area contributed by atoms with E-state index in [0.29, 0.717) is 11.4 Å². The summed E-state index contributed by atoms with van der Waals surface area (Å²) in [5, 5.41) is 2.97. The summed E-state index contributed by atoms with van der Waals surface area (Å²) in [5.41, 5.74) is 9.01. The maximum Gasteiger partial charge on any atom is 0.229 e. The lowest BCUT2D eigenvalue weighted by Gasteiger charge is -2.14. The molecule has 3 N–H and O–H groups in total. The first-order chi connectivity index (χ1) is 9.90. The largest absolute Gasteiger partial charge is 0.397 e. The van der Waals surface area contributed by atoms with E-state index in [1.807, 2.05) is 19.9 Å². The Morgan fingerprint density at radius 2 is 2.00 bits per heavy atom. The number of rotatable bonds is 3. The van der Waals surface area contributed by atoms with Gasteiger partial charge in [0.1, 0.15) is 5.82 Å². The number of benzene rings is 2. The molecule has 2 aromatic carbocycles. The van der Waals surface area contributed by atoms with E-state index in [0.717, 1.165) is 11.1 Å². The number of nitrogens with two attached hydrogens (primary N) is 1. The third-order valence-corrected chi connectivity index (χ3v) is 3.79. The van der Waals surface area contributed by atoms with Crippen LogP contribution in [0.25, 0.3) is 0 Å². The van der Waals surface area contributed by atoms with Crippen molar-refractivity contribution in [3.8, 4) is 0 Å². The zero-order valence-corrected chi connectivity index (χ0v) is 12.6. The highest BCUT2D eigenvalue weighted by atomic mass is 35.5. The van der Waals surface area contributed by atoms with Gasteiger partial charge in [-0.2, -0.15) is 0 Å². The molecule has 0 aliphatic carbocycles. The van der Waals surface area contributed by atoms with Crippen LogP contribution in [0.5, 0.6) is 0 Å². The molecule has 0 saturated heterocycles. The molecular formula is C16H16ClFN2O. The van der Waals surface area contributed by atoms with Gasteiger partial charge in [-0.15, -0.1) is 0 Å². The number of hydrogen-bond acceptors (Lipinski definition) is 2. The average molecular weight is 307 g/mol. The van der Waals surface area contributed by atoms with Crippen LogP contribution in [-0.2, 0) is 11.2 Å². The highest BCUT2D eigenvalue weighted by molar-refractivity contribution is 6.31. The molecule has 0 spiro atoms. The lowest BCUT2D eigenvalue weighted by Crippen LogP contribution is -2.17. The first kappa shape index (κ1) is 15.3. The summed E-state index contributed by atoms with van der Waals surface area (Å²) < 4.78 is 13.7. The highest BCUT2D eigenvalue weighted by Gasteiger charge is 2.14. The maximum atomic E-state index is 13.7. The van der Waals surface area contributed by atoms with Crippen LogP contribution >= 0.6 is 11.6 Å². The van der Waals surface area contributed by atoms with Crippen molar-refractivity contribution in [3.63, 3.8) is 0 Å². The van der Waals surface area contributed by atoms with Crippen molar-refractivity contribution < 1.29 is 9.18 Å². The molecule has 5 heteroatoms. The number of nitrogens with one attached hydrogen (secondary N) is 1. The Kier molecular flexibility index (Phi) is 4.48. The van der Waals surface area contributed by atoms with Crippen molar-refractivity contribution in [1.29, 1.82) is 0 Å². The molecule has 110 valence electrons. The van der Waals surface area contributed by atoms with E-state index in [1.54, 1.807) is 12.1 Å². The van der Waals surface area contributed by atoms with Crippen molar-refractivity contribution in [2.75, 3.05) is 11.1 Å². The minimum absolute atomic E-state index is 0.141. The number of halogens is 2. The Morgan fingerprint density at radius 3 is 2.67 bits per heavy atom. The molecule has 3 nitrogen and oxygen atoms in total. The molecule has 0 unspecified atom stereocenters. The monoisotopic (exact) mass is 306 g/mol. The molecule has 0 atom stereocenters. The zero-order valence-electron chi connectivity index (χ0n) is 11.8. The van der Waals surface area contributed by atoms with Gasteiger partial charge in [-0.05, 0) is 43.2 Å². The van der Waals surface area contributed by atoms with Gasteiger partial charge in [-0.1, -0.05) is 23.7 Å². The van der Waals surface area contributed by atoms with Crippen LogP contribution < -0.4 is 11.1 Å². The van der Waals surface area contributed by atoms with Crippen molar-refractivity contribution in [1.82, 2.24) is 0 Å². The highest BCUT2D eigenvalue weighted by Crippen LogP contribution is 2.26. The van der Waals surface area contributed by atoms with Gasteiger partial charge in [0.25, 0.3) is 0 Å². The molecule has 0 bridgehead atoms. The third-order valence-electron chi connectivity index (χ3n) is 3.43. The van der Waals surface area contributed by atoms with Crippen LogP contribution in [0.1, 0.15) is 16.7 Å². The second-order valence-corrected chi connectivity index (χ2v) is 5.30. The number of hydrogen-bond donors (Lipinski definition) is 2. The SMILES string of the molecule is Cc1ccc(N)c(NC(=O)Cc2c(F)cccc2Cl)c1C. The van der Waals surface area contributed by atoms with E-state index in [4.69, 9.17) is 17.3 Å². The fourth-order valence-corrected chi connectivity index (χ4v) is 2.28. The van der Waals surface area contributed by atoms with Crippen LogP contribution in [0.3, 0.4) is 0 Å². The number of anilines is 2. The number of carbonyl (C=O) groups excluding carboxylic acids is 1. The van der Waals surface area contributed by atoms with E-state index in [9.17, 15) is 9.18 Å². The molecule has 0 heterocycles. The van der Waals surface area contributed by atoms with Gasteiger partial charge >= 0.3 is 0 Å². The van der Waals surface area contributed by atoms with E-state index in [-0.39, 0.29) is 22.9 Å². The Labute approximate surface area is 127 Å². The minimum atomic E-state index is -0.494. The van der Waals surface area contributed by atoms with Gasteiger partial charge < -0.3 is 11.1 Å². The fourth-order valence-electron chi connectivity index (χ4n) is 2.05. The Balaban J connectivity index is 2.22. The standard InChI is InChI=1S/C16H16ClFN2O/c1-9-6-7-14(19)16(10(9)2)20-15(21)8-11-12(17)4-3-5-13(11)18/h3-7H,8,19H2,1-2H3,(H,20,21). The summed E-state index contributed by atoms with van der Waals surface area (Å²) in [6, 6.07) is 7.95. The van der Waals surface area contributed by atoms with Crippen molar-refractivity contribution in [2.24, 2.45) is 0 Å². The smallest absolute Gasteiger partial charge is 0.229 e. The van der Waals surface area contributed by atoms with Gasteiger partial charge in [0.05, 0.1) is 17.8 Å². The number of nitrogen functional groups attached to an aromatic ring is 1. The summed E-state index contributed by atoms with van der Waals surface area (Å²) in [5.74, 6) is -0.853. The average Bonchev–Trinajstić information content (AvgIpc) is 2.43. The first-order valence-electron chi connectivity index (χ1n) is 6.48. The molecule has 1 amide bonds. The van der Waals surface area contributed by atoms with Gasteiger partial charge in [0.15, 0.2) is 0 Å². The second kappa shape index (κ2) is 6.14. The molecule has 0 aromatic heterocycles. The van der Waals surface area contributed by atoms with Crippen molar-refractivity contribution >= 4 is 28.9 Å². The maximum absolute atomic E-state index is 13.7. The first-order valence-corrected chi connectivity index (χ1v) is 6.86. The summed E-state index contributed by atoms with van der Waals surface area (Å²) in [7, 11) is 0. The predicted octanol–water partition coefficient (Wildman–Crippen LogP) is 3.86. The van der Waals surface area contributed by atoms with Crippen LogP contribution in [0, 0.1) is 19.7 Å².